The van der Waals surface area contributed by atoms with Crippen molar-refractivity contribution in [2.75, 3.05) is 0 Å². The molecule has 1 heterocycles. The molecule has 0 saturated heterocycles. The van der Waals surface area contributed by atoms with Gasteiger partial charge >= 0.3 is 0 Å². The standard InChI is InChI=1S/C6H9N.CH2O/c1-5-3-4-7-6(5)2;1-2/h3-4,7H,1-2H3;1H2. The molecule has 1 aromatic rings. The second-order valence-corrected chi connectivity index (χ2v) is 1.79. The average Bonchev–Trinajstić information content (AvgIpc) is 2.23. The quantitative estimate of drug-likeness (QED) is 0.559. The summed E-state index contributed by atoms with van der Waals surface area (Å²) in [6.45, 7) is 6.15. The SMILES string of the molecule is C=O.Cc1cc[nH]c1C. The normalized spacial score (nSPS) is 7.78. The predicted octanol–water partition coefficient (Wildman–Crippen LogP) is 1.45. The van der Waals surface area contributed by atoms with Gasteiger partial charge < -0.3 is 9.78 Å². The number of nitrogens with one attached hydrogen (secondary N) is 1. The molecule has 2 heteroatoms. The molecule has 1 aromatic heterocycles. The highest BCUT2D eigenvalue weighted by Crippen LogP contribution is 1.99. The van der Waals surface area contributed by atoms with E-state index in [9.17, 15) is 0 Å². The number of aryl methyl sites for hydroxylation is 2. The molecule has 0 spiro atoms. The molecule has 2 nitrogen and oxygen atoms in total. The molecule has 0 aliphatic heterocycles. The van der Waals surface area contributed by atoms with Crippen molar-refractivity contribution in [2.45, 2.75) is 13.8 Å². The third-order valence-corrected chi connectivity index (χ3v) is 1.22. The van der Waals surface area contributed by atoms with Crippen LogP contribution in [-0.2, 0) is 4.79 Å². The minimum absolute atomic E-state index is 1.26. The van der Waals surface area contributed by atoms with Crippen molar-refractivity contribution in [3.8, 4) is 0 Å². The van der Waals surface area contributed by atoms with Crippen LogP contribution in [0.2, 0.25) is 0 Å². The van der Waals surface area contributed by atoms with E-state index in [-0.39, 0.29) is 0 Å². The van der Waals surface area contributed by atoms with Gasteiger partial charge in [0.25, 0.3) is 0 Å². The third-order valence-electron chi connectivity index (χ3n) is 1.22. The Bertz CT molecular complexity index is 153. The molecule has 0 radical (unpaired) electrons. The average molecular weight is 125 g/mol. The molecule has 0 atom stereocenters. The van der Waals surface area contributed by atoms with Crippen LogP contribution in [0.25, 0.3) is 0 Å². The number of H-pyrrole nitrogens is 1. The Morgan fingerprint density at radius 1 is 1.44 bits per heavy atom. The Balaban J connectivity index is 0.000000291. The van der Waals surface area contributed by atoms with Gasteiger partial charge in [0.05, 0.1) is 0 Å². The van der Waals surface area contributed by atoms with Gasteiger partial charge in [-0.25, -0.2) is 0 Å². The fourth-order valence-electron chi connectivity index (χ4n) is 0.531. The van der Waals surface area contributed by atoms with Crippen LogP contribution < -0.4 is 0 Å². The highest BCUT2D eigenvalue weighted by molar-refractivity contribution is 5.15. The summed E-state index contributed by atoms with van der Waals surface area (Å²) < 4.78 is 0. The molecule has 1 rings (SSSR count). The number of aromatic amines is 1. The van der Waals surface area contributed by atoms with E-state index in [1.165, 1.54) is 11.3 Å². The van der Waals surface area contributed by atoms with Gasteiger partial charge in [0.2, 0.25) is 0 Å². The van der Waals surface area contributed by atoms with E-state index >= 15 is 0 Å². The zero-order chi connectivity index (χ0) is 7.28. The molecule has 0 fully saturated rings. The maximum atomic E-state index is 8.00. The van der Waals surface area contributed by atoms with E-state index in [0.717, 1.165) is 0 Å². The van der Waals surface area contributed by atoms with E-state index in [1.807, 2.05) is 13.0 Å². The van der Waals surface area contributed by atoms with Crippen molar-refractivity contribution in [1.82, 2.24) is 4.98 Å². The lowest BCUT2D eigenvalue weighted by Gasteiger charge is -1.81. The second-order valence-electron chi connectivity index (χ2n) is 1.79. The summed E-state index contributed by atoms with van der Waals surface area (Å²) in [6.07, 6.45) is 1.95. The molecular formula is C7H11NO. The first kappa shape index (κ1) is 7.95. The van der Waals surface area contributed by atoms with E-state index < -0.39 is 0 Å². The molecule has 0 aliphatic carbocycles. The maximum Gasteiger partial charge on any atom is 0.106 e. The summed E-state index contributed by atoms with van der Waals surface area (Å²) in [5, 5.41) is 0. The van der Waals surface area contributed by atoms with Crippen LogP contribution in [0.5, 0.6) is 0 Å². The van der Waals surface area contributed by atoms with Crippen LogP contribution in [0.1, 0.15) is 11.3 Å². The summed E-state index contributed by atoms with van der Waals surface area (Å²) in [5.74, 6) is 0. The number of rotatable bonds is 0. The molecule has 0 aliphatic rings. The summed E-state index contributed by atoms with van der Waals surface area (Å²) in [4.78, 5) is 11.1. The molecule has 0 aromatic carbocycles. The van der Waals surface area contributed by atoms with E-state index in [2.05, 4.69) is 24.9 Å². The Hall–Kier alpha value is -1.05. The van der Waals surface area contributed by atoms with E-state index in [0.29, 0.717) is 0 Å². The third kappa shape index (κ3) is 2.13. The second kappa shape index (κ2) is 3.89. The maximum absolute atomic E-state index is 8.00. The van der Waals surface area contributed by atoms with Crippen LogP contribution in [0.4, 0.5) is 0 Å². The van der Waals surface area contributed by atoms with Crippen LogP contribution in [0.15, 0.2) is 12.3 Å². The van der Waals surface area contributed by atoms with Gasteiger partial charge in [0, 0.05) is 11.9 Å². The minimum atomic E-state index is 1.26. The summed E-state index contributed by atoms with van der Waals surface area (Å²) in [5.41, 5.74) is 2.60. The summed E-state index contributed by atoms with van der Waals surface area (Å²) in [7, 11) is 0. The van der Waals surface area contributed by atoms with Crippen molar-refractivity contribution in [2.24, 2.45) is 0 Å². The molecule has 0 bridgehead atoms. The van der Waals surface area contributed by atoms with Gasteiger partial charge in [-0.05, 0) is 25.5 Å². The first-order valence-corrected chi connectivity index (χ1v) is 2.70. The van der Waals surface area contributed by atoms with Gasteiger partial charge in [-0.15, -0.1) is 0 Å². The van der Waals surface area contributed by atoms with Gasteiger partial charge in [0.15, 0.2) is 0 Å². The topological polar surface area (TPSA) is 32.9 Å². The molecular weight excluding hydrogens is 114 g/mol. The van der Waals surface area contributed by atoms with Gasteiger partial charge in [0.1, 0.15) is 6.79 Å². The summed E-state index contributed by atoms with van der Waals surface area (Å²) >= 11 is 0. The largest absolute Gasteiger partial charge is 0.365 e. The Kier molecular flexibility index (Phi) is 3.44. The molecule has 1 N–H and O–H groups in total. The van der Waals surface area contributed by atoms with Gasteiger partial charge in [-0.2, -0.15) is 0 Å². The first-order chi connectivity index (χ1) is 4.30. The number of hydrogen-bond donors (Lipinski definition) is 1. The Morgan fingerprint density at radius 2 is 2.00 bits per heavy atom. The number of hydrogen-bond acceptors (Lipinski definition) is 1. The number of carbonyl (C=O) groups is 1. The molecule has 0 unspecified atom stereocenters. The Morgan fingerprint density at radius 3 is 2.11 bits per heavy atom. The van der Waals surface area contributed by atoms with E-state index in [4.69, 9.17) is 4.79 Å². The summed E-state index contributed by atoms with van der Waals surface area (Å²) in [6, 6.07) is 2.06. The Labute approximate surface area is 54.9 Å². The van der Waals surface area contributed by atoms with Crippen molar-refractivity contribution in [3.63, 3.8) is 0 Å². The van der Waals surface area contributed by atoms with Crippen LogP contribution in [0, 0.1) is 13.8 Å². The van der Waals surface area contributed by atoms with Crippen molar-refractivity contribution in [1.29, 1.82) is 0 Å². The predicted molar refractivity (Wildman–Crippen MR) is 37.4 cm³/mol. The molecule has 9 heavy (non-hydrogen) atoms. The molecule has 0 saturated carbocycles. The van der Waals surface area contributed by atoms with Crippen molar-refractivity contribution in [3.05, 3.63) is 23.5 Å². The minimum Gasteiger partial charge on any atom is -0.365 e. The smallest absolute Gasteiger partial charge is 0.106 e. The monoisotopic (exact) mass is 125 g/mol. The first-order valence-electron chi connectivity index (χ1n) is 2.70. The van der Waals surface area contributed by atoms with Crippen LogP contribution in [0.3, 0.4) is 0 Å². The van der Waals surface area contributed by atoms with Crippen molar-refractivity contribution < 1.29 is 4.79 Å². The van der Waals surface area contributed by atoms with Gasteiger partial charge in [-0.1, -0.05) is 0 Å². The highest BCUT2D eigenvalue weighted by Gasteiger charge is 1.85. The highest BCUT2D eigenvalue weighted by atomic mass is 16.1. The van der Waals surface area contributed by atoms with Crippen LogP contribution >= 0.6 is 0 Å². The molecule has 50 valence electrons. The lowest BCUT2D eigenvalue weighted by molar-refractivity contribution is -0.0979. The number of carbonyl (C=O) groups excluding carboxylic acids is 1. The lowest BCUT2D eigenvalue weighted by atomic mass is 10.3. The van der Waals surface area contributed by atoms with Crippen LogP contribution in [-0.4, -0.2) is 11.8 Å². The van der Waals surface area contributed by atoms with E-state index in [1.54, 1.807) is 0 Å². The fraction of sp³-hybridized carbons (Fsp3) is 0.286. The van der Waals surface area contributed by atoms with Gasteiger partial charge in [-0.3, -0.25) is 0 Å². The lowest BCUT2D eigenvalue weighted by Crippen LogP contribution is -1.69. The number of aromatic nitrogens is 1. The zero-order valence-electron chi connectivity index (χ0n) is 5.77. The van der Waals surface area contributed by atoms with Crippen molar-refractivity contribution >= 4 is 6.79 Å². The fourth-order valence-corrected chi connectivity index (χ4v) is 0.531. The zero-order valence-corrected chi connectivity index (χ0v) is 5.77. The molecule has 0 amide bonds.